The van der Waals surface area contributed by atoms with Gasteiger partial charge in [0.05, 0.1) is 17.9 Å². The maximum Gasteiger partial charge on any atom is 0.257 e. The SMILES string of the molecule is C=CCCOC(C)C(=O)Nc1ccccc1C(=O)Nc1cccc(C)c1. The molecule has 1 unspecified atom stereocenters. The molecule has 0 heterocycles. The Morgan fingerprint density at radius 1 is 1.15 bits per heavy atom. The van der Waals surface area contributed by atoms with Crippen molar-refractivity contribution in [2.75, 3.05) is 17.2 Å². The number of hydrogen-bond acceptors (Lipinski definition) is 3. The van der Waals surface area contributed by atoms with Crippen LogP contribution in [0.1, 0.15) is 29.3 Å². The summed E-state index contributed by atoms with van der Waals surface area (Å²) in [6.45, 7) is 7.67. The van der Waals surface area contributed by atoms with Crippen LogP contribution >= 0.6 is 0 Å². The zero-order chi connectivity index (χ0) is 18.9. The molecule has 2 amide bonds. The summed E-state index contributed by atoms with van der Waals surface area (Å²) in [5.41, 5.74) is 2.59. The molecule has 2 aromatic carbocycles. The summed E-state index contributed by atoms with van der Waals surface area (Å²) in [6, 6.07) is 14.4. The molecule has 26 heavy (non-hydrogen) atoms. The van der Waals surface area contributed by atoms with E-state index < -0.39 is 6.10 Å². The summed E-state index contributed by atoms with van der Waals surface area (Å²) in [7, 11) is 0. The smallest absolute Gasteiger partial charge is 0.257 e. The van der Waals surface area contributed by atoms with Gasteiger partial charge in [-0.25, -0.2) is 0 Å². The molecule has 0 spiro atoms. The molecule has 0 aliphatic heterocycles. The Labute approximate surface area is 154 Å². The Hall–Kier alpha value is -2.92. The molecule has 2 rings (SSSR count). The summed E-state index contributed by atoms with van der Waals surface area (Å²) in [5.74, 6) is -0.586. The molecule has 2 N–H and O–H groups in total. The average molecular weight is 352 g/mol. The van der Waals surface area contributed by atoms with Crippen LogP contribution in [0.15, 0.2) is 61.2 Å². The van der Waals surface area contributed by atoms with Gasteiger partial charge >= 0.3 is 0 Å². The van der Waals surface area contributed by atoms with Crippen molar-refractivity contribution in [3.8, 4) is 0 Å². The number of aryl methyl sites for hydroxylation is 1. The number of ether oxygens (including phenoxy) is 1. The van der Waals surface area contributed by atoms with Gasteiger partial charge < -0.3 is 15.4 Å². The van der Waals surface area contributed by atoms with Crippen LogP contribution in [-0.4, -0.2) is 24.5 Å². The fraction of sp³-hybridized carbons (Fsp3) is 0.238. The van der Waals surface area contributed by atoms with Gasteiger partial charge in [0.15, 0.2) is 0 Å². The van der Waals surface area contributed by atoms with Crippen LogP contribution in [-0.2, 0) is 9.53 Å². The highest BCUT2D eigenvalue weighted by Gasteiger charge is 2.17. The van der Waals surface area contributed by atoms with Gasteiger partial charge in [0, 0.05) is 5.69 Å². The molecular weight excluding hydrogens is 328 g/mol. The predicted molar refractivity (Wildman–Crippen MR) is 104 cm³/mol. The van der Waals surface area contributed by atoms with E-state index in [2.05, 4.69) is 17.2 Å². The molecule has 0 radical (unpaired) electrons. The first-order valence-electron chi connectivity index (χ1n) is 8.51. The Balaban J connectivity index is 2.08. The fourth-order valence-electron chi connectivity index (χ4n) is 2.35. The van der Waals surface area contributed by atoms with Crippen LogP contribution < -0.4 is 10.6 Å². The summed E-state index contributed by atoms with van der Waals surface area (Å²) in [6.07, 6.45) is 1.78. The fourth-order valence-corrected chi connectivity index (χ4v) is 2.35. The van der Waals surface area contributed by atoms with Gasteiger partial charge in [0.1, 0.15) is 6.10 Å². The Morgan fingerprint density at radius 2 is 1.92 bits per heavy atom. The Morgan fingerprint density at radius 3 is 2.65 bits per heavy atom. The summed E-state index contributed by atoms with van der Waals surface area (Å²) >= 11 is 0. The maximum atomic E-state index is 12.6. The first-order chi connectivity index (χ1) is 12.5. The lowest BCUT2D eigenvalue weighted by molar-refractivity contribution is -0.126. The molecule has 0 bridgehead atoms. The molecule has 5 heteroatoms. The molecule has 0 saturated heterocycles. The van der Waals surface area contributed by atoms with Gasteiger partial charge in [0.2, 0.25) is 0 Å². The lowest BCUT2D eigenvalue weighted by atomic mass is 10.1. The minimum Gasteiger partial charge on any atom is -0.368 e. The molecule has 1 atom stereocenters. The molecule has 0 aliphatic carbocycles. The zero-order valence-electron chi connectivity index (χ0n) is 15.1. The molecule has 136 valence electrons. The van der Waals surface area contributed by atoms with Crippen molar-refractivity contribution in [2.45, 2.75) is 26.4 Å². The minimum atomic E-state index is -0.622. The van der Waals surface area contributed by atoms with Crippen molar-refractivity contribution in [1.82, 2.24) is 0 Å². The minimum absolute atomic E-state index is 0.285. The molecule has 0 aromatic heterocycles. The lowest BCUT2D eigenvalue weighted by Crippen LogP contribution is -2.29. The Kier molecular flexibility index (Phi) is 7.12. The van der Waals surface area contributed by atoms with Crippen molar-refractivity contribution in [3.05, 3.63) is 72.3 Å². The van der Waals surface area contributed by atoms with Crippen LogP contribution in [0.4, 0.5) is 11.4 Å². The quantitative estimate of drug-likeness (QED) is 0.553. The van der Waals surface area contributed by atoms with E-state index in [1.54, 1.807) is 37.3 Å². The van der Waals surface area contributed by atoms with E-state index in [0.717, 1.165) is 5.56 Å². The van der Waals surface area contributed by atoms with Crippen molar-refractivity contribution in [1.29, 1.82) is 0 Å². The van der Waals surface area contributed by atoms with E-state index >= 15 is 0 Å². The van der Waals surface area contributed by atoms with Crippen LogP contribution in [0, 0.1) is 6.92 Å². The van der Waals surface area contributed by atoms with Gasteiger partial charge in [-0.15, -0.1) is 6.58 Å². The summed E-state index contributed by atoms with van der Waals surface area (Å²) in [5, 5.41) is 5.62. The number of benzene rings is 2. The number of nitrogens with one attached hydrogen (secondary N) is 2. The van der Waals surface area contributed by atoms with E-state index in [1.165, 1.54) is 0 Å². The highest BCUT2D eigenvalue weighted by atomic mass is 16.5. The summed E-state index contributed by atoms with van der Waals surface area (Å²) in [4.78, 5) is 24.9. The van der Waals surface area contributed by atoms with Crippen molar-refractivity contribution >= 4 is 23.2 Å². The third-order valence-electron chi connectivity index (χ3n) is 3.76. The number of hydrogen-bond donors (Lipinski definition) is 2. The number of carbonyl (C=O) groups is 2. The number of rotatable bonds is 8. The average Bonchev–Trinajstić information content (AvgIpc) is 2.62. The second-order valence-corrected chi connectivity index (χ2v) is 5.95. The van der Waals surface area contributed by atoms with Crippen molar-refractivity contribution < 1.29 is 14.3 Å². The first-order valence-corrected chi connectivity index (χ1v) is 8.51. The Bertz CT molecular complexity index is 786. The molecular formula is C21H24N2O3. The number of para-hydroxylation sites is 1. The van der Waals surface area contributed by atoms with Crippen LogP contribution in [0.3, 0.4) is 0 Å². The molecule has 2 aromatic rings. The zero-order valence-corrected chi connectivity index (χ0v) is 15.1. The van der Waals surface area contributed by atoms with Gasteiger partial charge in [-0.05, 0) is 50.1 Å². The number of amides is 2. The van der Waals surface area contributed by atoms with E-state index in [1.807, 2.05) is 31.2 Å². The second-order valence-electron chi connectivity index (χ2n) is 5.95. The van der Waals surface area contributed by atoms with Crippen molar-refractivity contribution in [3.63, 3.8) is 0 Å². The standard InChI is InChI=1S/C21H24N2O3/c1-4-5-13-26-16(3)20(24)23-19-12-7-6-11-18(19)21(25)22-17-10-8-9-15(2)14-17/h4,6-12,14,16H,1,5,13H2,2-3H3,(H,22,25)(H,23,24). The third-order valence-corrected chi connectivity index (χ3v) is 3.76. The highest BCUT2D eigenvalue weighted by Crippen LogP contribution is 2.18. The van der Waals surface area contributed by atoms with Gasteiger partial charge in [-0.1, -0.05) is 30.3 Å². The van der Waals surface area contributed by atoms with Gasteiger partial charge in [-0.3, -0.25) is 9.59 Å². The largest absolute Gasteiger partial charge is 0.368 e. The molecule has 0 saturated carbocycles. The van der Waals surface area contributed by atoms with Crippen LogP contribution in [0.25, 0.3) is 0 Å². The van der Waals surface area contributed by atoms with Crippen LogP contribution in [0.5, 0.6) is 0 Å². The topological polar surface area (TPSA) is 67.4 Å². The van der Waals surface area contributed by atoms with Gasteiger partial charge in [-0.2, -0.15) is 0 Å². The highest BCUT2D eigenvalue weighted by molar-refractivity contribution is 6.10. The molecule has 0 fully saturated rings. The lowest BCUT2D eigenvalue weighted by Gasteiger charge is -2.15. The monoisotopic (exact) mass is 352 g/mol. The van der Waals surface area contributed by atoms with Crippen LogP contribution in [0.2, 0.25) is 0 Å². The van der Waals surface area contributed by atoms with E-state index in [4.69, 9.17) is 4.74 Å². The van der Waals surface area contributed by atoms with E-state index in [0.29, 0.717) is 30.0 Å². The second kappa shape index (κ2) is 9.53. The maximum absolute atomic E-state index is 12.6. The first kappa shape index (κ1) is 19.4. The number of carbonyl (C=O) groups excluding carboxylic acids is 2. The van der Waals surface area contributed by atoms with E-state index in [-0.39, 0.29) is 11.8 Å². The third kappa shape index (κ3) is 5.57. The predicted octanol–water partition coefficient (Wildman–Crippen LogP) is 4.17. The molecule has 0 aliphatic rings. The van der Waals surface area contributed by atoms with Crippen molar-refractivity contribution in [2.24, 2.45) is 0 Å². The summed E-state index contributed by atoms with van der Waals surface area (Å²) < 4.78 is 5.44. The van der Waals surface area contributed by atoms with E-state index in [9.17, 15) is 9.59 Å². The normalized spacial score (nSPS) is 11.5. The number of anilines is 2. The molecule has 5 nitrogen and oxygen atoms in total. The van der Waals surface area contributed by atoms with Gasteiger partial charge in [0.25, 0.3) is 11.8 Å².